The fourth-order valence-electron chi connectivity index (χ4n) is 4.58. The molecule has 0 unspecified atom stereocenters. The maximum atomic E-state index is 14.2. The summed E-state index contributed by atoms with van der Waals surface area (Å²) in [7, 11) is 3.13. The van der Waals surface area contributed by atoms with Gasteiger partial charge in [0.25, 0.3) is 0 Å². The molecule has 0 saturated carbocycles. The predicted molar refractivity (Wildman–Crippen MR) is 141 cm³/mol. The molecule has 1 fully saturated rings. The summed E-state index contributed by atoms with van der Waals surface area (Å²) >= 11 is 0. The third-order valence-electron chi connectivity index (χ3n) is 6.63. The van der Waals surface area contributed by atoms with Crippen molar-refractivity contribution in [3.05, 3.63) is 78.0 Å². The van der Waals surface area contributed by atoms with E-state index in [9.17, 15) is 14.0 Å². The summed E-state index contributed by atoms with van der Waals surface area (Å²) in [6, 6.07) is 15.6. The van der Waals surface area contributed by atoms with Crippen LogP contribution in [0.3, 0.4) is 0 Å². The van der Waals surface area contributed by atoms with E-state index >= 15 is 0 Å². The summed E-state index contributed by atoms with van der Waals surface area (Å²) in [4.78, 5) is 29.1. The predicted octanol–water partition coefficient (Wildman–Crippen LogP) is 2.77. The molecule has 1 aromatic heterocycles. The Labute approximate surface area is 221 Å². The quantitative estimate of drug-likeness (QED) is 0.394. The summed E-state index contributed by atoms with van der Waals surface area (Å²) in [5, 5.41) is 5.40. The van der Waals surface area contributed by atoms with Gasteiger partial charge in [0, 0.05) is 39.3 Å². The molecule has 38 heavy (non-hydrogen) atoms. The molecule has 1 aliphatic heterocycles. The van der Waals surface area contributed by atoms with Gasteiger partial charge in [-0.15, -0.1) is 0 Å². The van der Waals surface area contributed by atoms with Crippen LogP contribution in [0.15, 0.2) is 65.3 Å². The SMILES string of the molecule is COc1ccc(CCNC(=O)C(=O)NC[C@H](c2ccco2)N2CCN(c3ccccc3F)CC2)cc1OC. The van der Waals surface area contributed by atoms with Crippen molar-refractivity contribution in [3.8, 4) is 11.5 Å². The smallest absolute Gasteiger partial charge is 0.309 e. The van der Waals surface area contributed by atoms with Gasteiger partial charge in [-0.1, -0.05) is 18.2 Å². The molecule has 1 saturated heterocycles. The van der Waals surface area contributed by atoms with Gasteiger partial charge < -0.3 is 29.4 Å². The number of rotatable bonds is 10. The van der Waals surface area contributed by atoms with Crippen LogP contribution < -0.4 is 25.0 Å². The maximum Gasteiger partial charge on any atom is 0.309 e. The molecule has 9 nitrogen and oxygen atoms in total. The van der Waals surface area contributed by atoms with Crippen LogP contribution in [0.4, 0.5) is 10.1 Å². The third-order valence-corrected chi connectivity index (χ3v) is 6.63. The second-order valence-corrected chi connectivity index (χ2v) is 8.91. The standard InChI is InChI=1S/C28H33FN4O5/c1-36-25-10-9-20(18-26(25)37-2)11-12-30-27(34)28(35)31-19-23(24-8-5-17-38-24)33-15-13-32(14-16-33)22-7-4-3-6-21(22)29/h3-10,17-18,23H,11-16,19H2,1-2H3,(H,30,34)(H,31,35)/t23-/m1/s1. The number of amides is 2. The Bertz CT molecular complexity index is 1210. The number of carbonyl (C=O) groups excluding carboxylic acids is 2. The van der Waals surface area contributed by atoms with Gasteiger partial charge in [0.15, 0.2) is 11.5 Å². The summed E-state index contributed by atoms with van der Waals surface area (Å²) in [5.41, 5.74) is 1.52. The number of methoxy groups -OCH3 is 2. The van der Waals surface area contributed by atoms with Crippen molar-refractivity contribution in [3.63, 3.8) is 0 Å². The highest BCUT2D eigenvalue weighted by molar-refractivity contribution is 6.35. The molecule has 2 heterocycles. The first-order chi connectivity index (χ1) is 18.5. The number of ether oxygens (including phenoxy) is 2. The van der Waals surface area contributed by atoms with Crippen LogP contribution in [0.25, 0.3) is 0 Å². The minimum Gasteiger partial charge on any atom is -0.493 e. The van der Waals surface area contributed by atoms with Crippen molar-refractivity contribution in [1.29, 1.82) is 0 Å². The van der Waals surface area contributed by atoms with E-state index < -0.39 is 11.8 Å². The molecule has 1 atom stereocenters. The van der Waals surface area contributed by atoms with E-state index in [0.29, 0.717) is 62.1 Å². The Hall–Kier alpha value is -4.05. The number of hydrogen-bond donors (Lipinski definition) is 2. The molecule has 202 valence electrons. The van der Waals surface area contributed by atoms with Gasteiger partial charge in [-0.25, -0.2) is 4.39 Å². The zero-order valence-electron chi connectivity index (χ0n) is 21.6. The maximum absolute atomic E-state index is 14.2. The average Bonchev–Trinajstić information content (AvgIpc) is 3.48. The highest BCUT2D eigenvalue weighted by Crippen LogP contribution is 2.28. The van der Waals surface area contributed by atoms with Crippen LogP contribution in [-0.2, 0) is 16.0 Å². The molecular weight excluding hydrogens is 491 g/mol. The number of hydrogen-bond acceptors (Lipinski definition) is 7. The normalized spacial score (nSPS) is 14.6. The molecule has 1 aliphatic rings. The van der Waals surface area contributed by atoms with Gasteiger partial charge in [-0.05, 0) is 48.4 Å². The monoisotopic (exact) mass is 524 g/mol. The van der Waals surface area contributed by atoms with E-state index in [4.69, 9.17) is 13.9 Å². The number of nitrogens with zero attached hydrogens (tertiary/aromatic N) is 2. The molecule has 0 aliphatic carbocycles. The van der Waals surface area contributed by atoms with Gasteiger partial charge in [-0.3, -0.25) is 14.5 Å². The van der Waals surface area contributed by atoms with Crippen molar-refractivity contribution in [2.24, 2.45) is 0 Å². The second-order valence-electron chi connectivity index (χ2n) is 8.91. The average molecular weight is 525 g/mol. The lowest BCUT2D eigenvalue weighted by molar-refractivity contribution is -0.139. The summed E-state index contributed by atoms with van der Waals surface area (Å²) in [5.74, 6) is 0.269. The van der Waals surface area contributed by atoms with Crippen molar-refractivity contribution < 1.29 is 27.9 Å². The molecule has 0 bridgehead atoms. The van der Waals surface area contributed by atoms with Gasteiger partial charge in [-0.2, -0.15) is 0 Å². The van der Waals surface area contributed by atoms with Crippen LogP contribution >= 0.6 is 0 Å². The fraction of sp³-hybridized carbons (Fsp3) is 0.357. The number of carbonyl (C=O) groups is 2. The Morgan fingerprint density at radius 3 is 2.37 bits per heavy atom. The van der Waals surface area contributed by atoms with Crippen LogP contribution in [-0.4, -0.2) is 70.2 Å². The highest BCUT2D eigenvalue weighted by atomic mass is 19.1. The van der Waals surface area contributed by atoms with Gasteiger partial charge in [0.05, 0.1) is 32.2 Å². The highest BCUT2D eigenvalue weighted by Gasteiger charge is 2.28. The molecule has 3 aromatic rings. The molecule has 2 N–H and O–H groups in total. The summed E-state index contributed by atoms with van der Waals surface area (Å²) in [6.45, 7) is 3.04. The Morgan fingerprint density at radius 1 is 0.947 bits per heavy atom. The van der Waals surface area contributed by atoms with Crippen LogP contribution in [0.2, 0.25) is 0 Å². The minimum absolute atomic E-state index is 0.204. The van der Waals surface area contributed by atoms with Crippen molar-refractivity contribution in [1.82, 2.24) is 15.5 Å². The van der Waals surface area contributed by atoms with Crippen molar-refractivity contribution in [2.45, 2.75) is 12.5 Å². The lowest BCUT2D eigenvalue weighted by Gasteiger charge is -2.39. The minimum atomic E-state index is -0.709. The fourth-order valence-corrected chi connectivity index (χ4v) is 4.58. The number of furan rings is 1. The Balaban J connectivity index is 1.28. The van der Waals surface area contributed by atoms with E-state index in [-0.39, 0.29) is 18.4 Å². The van der Waals surface area contributed by atoms with Gasteiger partial charge in [0.1, 0.15) is 11.6 Å². The largest absolute Gasteiger partial charge is 0.493 e. The molecule has 4 rings (SSSR count). The van der Waals surface area contributed by atoms with Gasteiger partial charge in [0.2, 0.25) is 0 Å². The summed E-state index contributed by atoms with van der Waals surface area (Å²) < 4.78 is 30.4. The van der Waals surface area contributed by atoms with E-state index in [1.165, 1.54) is 6.07 Å². The number of benzene rings is 2. The second kappa shape index (κ2) is 13.0. The lowest BCUT2D eigenvalue weighted by atomic mass is 10.1. The van der Waals surface area contributed by atoms with E-state index in [1.54, 1.807) is 44.7 Å². The molecular formula is C28H33FN4O5. The van der Waals surface area contributed by atoms with E-state index in [1.807, 2.05) is 29.2 Å². The van der Waals surface area contributed by atoms with E-state index in [0.717, 1.165) is 5.56 Å². The first-order valence-electron chi connectivity index (χ1n) is 12.5. The topological polar surface area (TPSA) is 96.3 Å². The molecule has 2 aromatic carbocycles. The first-order valence-corrected chi connectivity index (χ1v) is 12.5. The Kier molecular flexibility index (Phi) is 9.21. The molecule has 0 spiro atoms. The van der Waals surface area contributed by atoms with Crippen LogP contribution in [0, 0.1) is 5.82 Å². The third kappa shape index (κ3) is 6.63. The zero-order valence-corrected chi connectivity index (χ0v) is 21.6. The zero-order chi connectivity index (χ0) is 26.9. The van der Waals surface area contributed by atoms with Gasteiger partial charge >= 0.3 is 11.8 Å². The molecule has 10 heteroatoms. The number of piperazine rings is 1. The molecule has 2 amide bonds. The van der Waals surface area contributed by atoms with Crippen LogP contribution in [0.1, 0.15) is 17.4 Å². The van der Waals surface area contributed by atoms with Crippen LogP contribution in [0.5, 0.6) is 11.5 Å². The number of halogens is 1. The Morgan fingerprint density at radius 2 is 1.68 bits per heavy atom. The molecule has 0 radical (unpaired) electrons. The van der Waals surface area contributed by atoms with Crippen molar-refractivity contribution >= 4 is 17.5 Å². The summed E-state index contributed by atoms with van der Waals surface area (Å²) in [6.07, 6.45) is 2.11. The number of nitrogens with one attached hydrogen (secondary N) is 2. The first kappa shape index (κ1) is 27.0. The lowest BCUT2D eigenvalue weighted by Crippen LogP contribution is -2.51. The number of anilines is 1. The van der Waals surface area contributed by atoms with Crippen molar-refractivity contribution in [2.75, 3.05) is 58.4 Å². The number of para-hydroxylation sites is 1. The van der Waals surface area contributed by atoms with E-state index in [2.05, 4.69) is 15.5 Å².